The molecule has 3 amide bonds. The van der Waals surface area contributed by atoms with Gasteiger partial charge in [-0.3, -0.25) is 19.4 Å². The van der Waals surface area contributed by atoms with Gasteiger partial charge in [0.25, 0.3) is 11.8 Å². The third-order valence-electron chi connectivity index (χ3n) is 5.00. The Bertz CT molecular complexity index is 1070. The highest BCUT2D eigenvalue weighted by Gasteiger charge is 2.55. The maximum atomic E-state index is 13.6. The minimum Gasteiger partial charge on any atom is -0.324 e. The van der Waals surface area contributed by atoms with E-state index in [1.165, 1.54) is 0 Å². The molecular weight excluding hydrogens is 396 g/mol. The van der Waals surface area contributed by atoms with E-state index >= 15 is 0 Å². The molecule has 0 unspecified atom stereocenters. The van der Waals surface area contributed by atoms with Crippen LogP contribution in [-0.4, -0.2) is 41.4 Å². The van der Waals surface area contributed by atoms with Gasteiger partial charge in [0.15, 0.2) is 23.7 Å². The fraction of sp³-hybridized carbons (Fsp3) is 0.250. The summed E-state index contributed by atoms with van der Waals surface area (Å²) in [6.45, 7) is 1.66. The van der Waals surface area contributed by atoms with Crippen molar-refractivity contribution in [2.75, 3.05) is 16.8 Å². The molecule has 4 rings (SSSR count). The molecule has 2 heterocycles. The quantitative estimate of drug-likeness (QED) is 0.762. The lowest BCUT2D eigenvalue weighted by molar-refractivity contribution is -0.123. The van der Waals surface area contributed by atoms with Crippen LogP contribution in [0.4, 0.5) is 20.2 Å². The van der Waals surface area contributed by atoms with Crippen LogP contribution in [0.1, 0.15) is 12.5 Å². The standard InChI is InChI=1S/C20H17F2N5O3/c1-2-11-5-3-4-6-15(11)23-16(28)10-26-18-17(24-25-26)19(29)27(20(18)30)12-7-8-13(21)14(22)9-12/h3-9,17-18H,2,10H2,1H3,(H,23,28)/t17-,18-/m0/s1. The fourth-order valence-electron chi connectivity index (χ4n) is 3.52. The summed E-state index contributed by atoms with van der Waals surface area (Å²) in [6, 6.07) is 7.78. The summed E-state index contributed by atoms with van der Waals surface area (Å²) in [5.41, 5.74) is 1.49. The van der Waals surface area contributed by atoms with E-state index in [9.17, 15) is 23.2 Å². The smallest absolute Gasteiger partial charge is 0.263 e. The van der Waals surface area contributed by atoms with Crippen LogP contribution in [0.15, 0.2) is 52.8 Å². The Balaban J connectivity index is 1.50. The predicted molar refractivity (Wildman–Crippen MR) is 102 cm³/mol. The molecule has 0 aliphatic carbocycles. The van der Waals surface area contributed by atoms with E-state index in [0.717, 1.165) is 40.1 Å². The number of benzene rings is 2. The highest BCUT2D eigenvalue weighted by Crippen LogP contribution is 2.32. The first-order valence-electron chi connectivity index (χ1n) is 9.28. The topological polar surface area (TPSA) is 94.4 Å². The van der Waals surface area contributed by atoms with Crippen LogP contribution in [0.25, 0.3) is 0 Å². The van der Waals surface area contributed by atoms with Gasteiger partial charge < -0.3 is 5.32 Å². The molecular formula is C20H17F2N5O3. The maximum absolute atomic E-state index is 13.6. The van der Waals surface area contributed by atoms with Crippen molar-refractivity contribution in [3.63, 3.8) is 0 Å². The van der Waals surface area contributed by atoms with Gasteiger partial charge in [-0.25, -0.2) is 13.7 Å². The van der Waals surface area contributed by atoms with Crippen LogP contribution >= 0.6 is 0 Å². The first kappa shape index (κ1) is 19.6. The second-order valence-corrected chi connectivity index (χ2v) is 6.86. The van der Waals surface area contributed by atoms with Crippen LogP contribution in [0, 0.1) is 11.6 Å². The lowest BCUT2D eigenvalue weighted by Gasteiger charge is -2.20. The third kappa shape index (κ3) is 3.30. The van der Waals surface area contributed by atoms with E-state index in [-0.39, 0.29) is 12.2 Å². The molecule has 2 aliphatic rings. The molecule has 1 N–H and O–H groups in total. The molecule has 2 atom stereocenters. The minimum atomic E-state index is -1.18. The molecule has 0 radical (unpaired) electrons. The van der Waals surface area contributed by atoms with Gasteiger partial charge in [-0.1, -0.05) is 30.3 Å². The van der Waals surface area contributed by atoms with Crippen LogP contribution in [0.3, 0.4) is 0 Å². The highest BCUT2D eigenvalue weighted by atomic mass is 19.2. The molecule has 0 aromatic heterocycles. The number of anilines is 2. The summed E-state index contributed by atoms with van der Waals surface area (Å²) >= 11 is 0. The van der Waals surface area contributed by atoms with E-state index in [4.69, 9.17) is 0 Å². The number of amides is 3. The molecule has 0 bridgehead atoms. The molecule has 0 spiro atoms. The molecule has 2 aromatic rings. The number of para-hydroxylation sites is 1. The van der Waals surface area contributed by atoms with Crippen LogP contribution in [0.5, 0.6) is 0 Å². The summed E-state index contributed by atoms with van der Waals surface area (Å²) < 4.78 is 26.8. The van der Waals surface area contributed by atoms with Crippen molar-refractivity contribution in [3.8, 4) is 0 Å². The molecule has 154 valence electrons. The first-order valence-corrected chi connectivity index (χ1v) is 9.28. The summed E-state index contributed by atoms with van der Waals surface area (Å²) in [5, 5.41) is 11.5. The molecule has 10 heteroatoms. The molecule has 8 nitrogen and oxygen atoms in total. The van der Waals surface area contributed by atoms with Gasteiger partial charge in [-0.2, -0.15) is 5.11 Å². The zero-order chi connectivity index (χ0) is 21.4. The first-order chi connectivity index (χ1) is 14.4. The van der Waals surface area contributed by atoms with E-state index in [1.807, 2.05) is 19.1 Å². The van der Waals surface area contributed by atoms with Gasteiger partial charge >= 0.3 is 0 Å². The largest absolute Gasteiger partial charge is 0.324 e. The Morgan fingerprint density at radius 3 is 2.60 bits per heavy atom. The zero-order valence-electron chi connectivity index (χ0n) is 15.9. The number of aryl methyl sites for hydroxylation is 1. The number of nitrogens with one attached hydrogen (secondary N) is 1. The normalized spacial score (nSPS) is 20.1. The lowest BCUT2D eigenvalue weighted by atomic mass is 10.1. The van der Waals surface area contributed by atoms with Crippen molar-refractivity contribution in [2.24, 2.45) is 10.3 Å². The van der Waals surface area contributed by atoms with Gasteiger partial charge in [-0.05, 0) is 30.2 Å². The average molecular weight is 413 g/mol. The number of imide groups is 1. The van der Waals surface area contributed by atoms with Gasteiger partial charge in [0, 0.05) is 11.8 Å². The summed E-state index contributed by atoms with van der Waals surface area (Å²) in [7, 11) is 0. The van der Waals surface area contributed by atoms with E-state index in [1.54, 1.807) is 12.1 Å². The maximum Gasteiger partial charge on any atom is 0.263 e. The van der Waals surface area contributed by atoms with Gasteiger partial charge in [0.05, 0.1) is 5.69 Å². The Morgan fingerprint density at radius 1 is 1.10 bits per heavy atom. The Labute approximate surface area is 170 Å². The van der Waals surface area contributed by atoms with Gasteiger partial charge in [0.1, 0.15) is 6.54 Å². The molecule has 1 saturated heterocycles. The molecule has 30 heavy (non-hydrogen) atoms. The second-order valence-electron chi connectivity index (χ2n) is 6.86. The third-order valence-corrected chi connectivity index (χ3v) is 5.00. The summed E-state index contributed by atoms with van der Waals surface area (Å²) in [6.07, 6.45) is 0.723. The van der Waals surface area contributed by atoms with Crippen molar-refractivity contribution in [1.29, 1.82) is 0 Å². The van der Waals surface area contributed by atoms with Crippen molar-refractivity contribution >= 4 is 29.1 Å². The fourth-order valence-corrected chi connectivity index (χ4v) is 3.52. The van der Waals surface area contributed by atoms with Gasteiger partial charge in [0.2, 0.25) is 5.91 Å². The zero-order valence-corrected chi connectivity index (χ0v) is 15.9. The molecule has 2 aliphatic heterocycles. The number of hydrogen-bond acceptors (Lipinski definition) is 6. The second kappa shape index (κ2) is 7.62. The predicted octanol–water partition coefficient (Wildman–Crippen LogP) is 2.46. The Kier molecular flexibility index (Phi) is 4.98. The number of fused-ring (bicyclic) bond motifs is 1. The Hall–Kier alpha value is -3.69. The summed E-state index contributed by atoms with van der Waals surface area (Å²) in [4.78, 5) is 38.7. The van der Waals surface area contributed by atoms with E-state index in [2.05, 4.69) is 15.7 Å². The van der Waals surface area contributed by atoms with Crippen LogP contribution in [0.2, 0.25) is 0 Å². The number of hydrogen-bond donors (Lipinski definition) is 1. The average Bonchev–Trinajstić information content (AvgIpc) is 3.24. The number of carbonyl (C=O) groups is 3. The lowest BCUT2D eigenvalue weighted by Crippen LogP contribution is -2.43. The van der Waals surface area contributed by atoms with E-state index in [0.29, 0.717) is 5.69 Å². The molecule has 0 saturated carbocycles. The van der Waals surface area contributed by atoms with Crippen molar-refractivity contribution in [2.45, 2.75) is 25.4 Å². The van der Waals surface area contributed by atoms with Crippen molar-refractivity contribution in [1.82, 2.24) is 5.01 Å². The van der Waals surface area contributed by atoms with E-state index < -0.39 is 41.4 Å². The van der Waals surface area contributed by atoms with Crippen molar-refractivity contribution < 1.29 is 23.2 Å². The number of nitrogens with zero attached hydrogens (tertiary/aromatic N) is 4. The highest BCUT2D eigenvalue weighted by molar-refractivity contribution is 6.25. The number of halogens is 2. The monoisotopic (exact) mass is 413 g/mol. The molecule has 2 aromatic carbocycles. The van der Waals surface area contributed by atoms with Crippen LogP contribution in [-0.2, 0) is 20.8 Å². The summed E-state index contributed by atoms with van der Waals surface area (Å²) in [5.74, 6) is -4.12. The van der Waals surface area contributed by atoms with Crippen molar-refractivity contribution in [3.05, 3.63) is 59.7 Å². The van der Waals surface area contributed by atoms with Crippen LogP contribution < -0.4 is 10.2 Å². The SMILES string of the molecule is CCc1ccccc1NC(=O)CN1N=N[C@@H]2C(=O)N(c3ccc(F)c(F)c3)C(=O)[C@H]21. The minimum absolute atomic E-state index is 0.102. The van der Waals surface area contributed by atoms with Gasteiger partial charge in [-0.15, -0.1) is 0 Å². The Morgan fingerprint density at radius 2 is 1.87 bits per heavy atom. The number of carbonyl (C=O) groups excluding carboxylic acids is 3. The molecule has 1 fully saturated rings. The number of rotatable bonds is 5.